The number of phenolic OH excluding ortho intramolecular Hbond substituents is 6. The molecule has 4 aromatic carbocycles. The Bertz CT molecular complexity index is 2260. The molecule has 16 heteroatoms. The van der Waals surface area contributed by atoms with E-state index in [2.05, 4.69) is 0 Å². The zero-order valence-corrected chi connectivity index (χ0v) is 26.5. The highest BCUT2D eigenvalue weighted by Gasteiger charge is 2.46. The van der Waals surface area contributed by atoms with Gasteiger partial charge in [-0.05, 0) is 35.9 Å². The average molecular weight is 719 g/mol. The molecule has 10 N–H and O–H groups in total. The lowest BCUT2D eigenvalue weighted by Crippen LogP contribution is -2.60. The summed E-state index contributed by atoms with van der Waals surface area (Å²) in [6.07, 6.45) is -9.60. The number of hydrogen-bond donors (Lipinski definition) is 10. The number of carbonyl (C=O) groups excluding carboxylic acids is 1. The highest BCUT2D eigenvalue weighted by Crippen LogP contribution is 2.52. The van der Waals surface area contributed by atoms with Crippen LogP contribution in [-0.2, 0) is 4.74 Å². The van der Waals surface area contributed by atoms with Crippen LogP contribution in [0.1, 0.15) is 33.5 Å². The van der Waals surface area contributed by atoms with Crippen molar-refractivity contribution in [3.63, 3.8) is 0 Å². The number of benzene rings is 4. The van der Waals surface area contributed by atoms with Gasteiger partial charge in [0.05, 0.1) is 18.1 Å². The Hall–Kier alpha value is -6.04. The van der Waals surface area contributed by atoms with Crippen LogP contribution in [0.4, 0.5) is 0 Å². The van der Waals surface area contributed by atoms with Crippen molar-refractivity contribution in [3.05, 3.63) is 93.6 Å². The predicted octanol–water partition coefficient (Wildman–Crippen LogP) is 1.97. The molecule has 0 spiro atoms. The summed E-state index contributed by atoms with van der Waals surface area (Å²) in [4.78, 5) is 27.9. The fourth-order valence-electron chi connectivity index (χ4n) is 6.45. The first-order valence-electron chi connectivity index (χ1n) is 15.7. The summed E-state index contributed by atoms with van der Waals surface area (Å²) in [7, 11) is 0. The van der Waals surface area contributed by atoms with E-state index in [0.29, 0.717) is 0 Å². The molecule has 2 aliphatic heterocycles. The van der Waals surface area contributed by atoms with Gasteiger partial charge >= 0.3 is 0 Å². The molecular formula is C36H30O16. The first-order valence-corrected chi connectivity index (χ1v) is 15.7. The first kappa shape index (κ1) is 34.4. The molecule has 1 saturated heterocycles. The van der Waals surface area contributed by atoms with Gasteiger partial charge in [0.2, 0.25) is 6.29 Å². The van der Waals surface area contributed by atoms with Crippen LogP contribution in [0, 0.1) is 0 Å². The molecular weight excluding hydrogens is 688 g/mol. The number of rotatable bonds is 6. The minimum atomic E-state index is -1.82. The summed E-state index contributed by atoms with van der Waals surface area (Å²) in [5, 5.41) is 103. The molecule has 7 rings (SSSR count). The van der Waals surface area contributed by atoms with Crippen molar-refractivity contribution in [2.75, 3.05) is 6.61 Å². The topological polar surface area (TPSA) is 277 Å². The van der Waals surface area contributed by atoms with Crippen molar-refractivity contribution in [1.29, 1.82) is 0 Å². The van der Waals surface area contributed by atoms with Crippen molar-refractivity contribution in [3.8, 4) is 57.3 Å². The smallest absolute Gasteiger partial charge is 0.229 e. The van der Waals surface area contributed by atoms with Crippen molar-refractivity contribution in [2.24, 2.45) is 0 Å². The fourth-order valence-corrected chi connectivity index (χ4v) is 6.45. The van der Waals surface area contributed by atoms with E-state index in [1.807, 2.05) is 0 Å². The van der Waals surface area contributed by atoms with Gasteiger partial charge in [-0.1, -0.05) is 12.1 Å². The average Bonchev–Trinajstić information content (AvgIpc) is 3.09. The molecule has 7 atom stereocenters. The Morgan fingerprint density at radius 3 is 2.15 bits per heavy atom. The lowest BCUT2D eigenvalue weighted by atomic mass is 9.79. The fraction of sp³-hybridized carbons (Fsp3) is 0.222. The van der Waals surface area contributed by atoms with Gasteiger partial charge < -0.3 is 69.7 Å². The lowest BCUT2D eigenvalue weighted by molar-refractivity contribution is -0.277. The Kier molecular flexibility index (Phi) is 8.56. The van der Waals surface area contributed by atoms with Crippen molar-refractivity contribution in [2.45, 2.75) is 42.7 Å². The highest BCUT2D eigenvalue weighted by atomic mass is 16.7. The van der Waals surface area contributed by atoms with Gasteiger partial charge in [-0.15, -0.1) is 0 Å². The van der Waals surface area contributed by atoms with Crippen LogP contribution in [-0.4, -0.2) is 94.2 Å². The van der Waals surface area contributed by atoms with Gasteiger partial charge in [0.25, 0.3) is 0 Å². The molecule has 0 saturated carbocycles. The molecule has 2 aliphatic rings. The van der Waals surface area contributed by atoms with E-state index in [0.717, 1.165) is 36.4 Å². The Labute approximate surface area is 291 Å². The standard InChI is InChI=1S/C36H30O16/c37-12-25-30(45)32(47)33(48)36(52-25)51-23-7-14(3-6-17(23)40)22-11-21(44)26-19(42)10-20(43)28(35(26)49-22)29-31(46)27-18(41)8-16(39)9-24(27)50-34(29)13-1-4-15(38)5-2-13/h1-11,25,29-30,32-34,36-43,45,47-48H,12H2/t25-,29-,30-,32+,33-,34+,36-/m1/s1. The van der Waals surface area contributed by atoms with Crippen molar-refractivity contribution < 1.29 is 74.5 Å². The number of ether oxygens (including phenoxy) is 3. The van der Waals surface area contributed by atoms with E-state index in [1.54, 1.807) is 0 Å². The number of fused-ring (bicyclic) bond motifs is 2. The summed E-state index contributed by atoms with van der Waals surface area (Å²) < 4.78 is 23.2. The number of phenols is 6. The molecule has 52 heavy (non-hydrogen) atoms. The van der Waals surface area contributed by atoms with E-state index in [4.69, 9.17) is 18.6 Å². The number of aliphatic hydroxyl groups is 4. The second-order valence-corrected chi connectivity index (χ2v) is 12.3. The summed E-state index contributed by atoms with van der Waals surface area (Å²) in [5.74, 6) is -6.25. The molecule has 0 radical (unpaired) electrons. The second kappa shape index (κ2) is 12.9. The number of hydrogen-bond acceptors (Lipinski definition) is 16. The number of Topliss-reactive ketones (excluding diaryl/α,β-unsaturated/α-hetero) is 1. The van der Waals surface area contributed by atoms with Crippen LogP contribution >= 0.6 is 0 Å². The minimum absolute atomic E-state index is 0.0462. The highest BCUT2D eigenvalue weighted by molar-refractivity contribution is 6.09. The molecule has 5 aromatic rings. The number of carbonyl (C=O) groups is 1. The van der Waals surface area contributed by atoms with E-state index in [9.17, 15) is 60.7 Å². The largest absolute Gasteiger partial charge is 0.508 e. The molecule has 0 amide bonds. The Morgan fingerprint density at radius 1 is 0.712 bits per heavy atom. The lowest BCUT2D eigenvalue weighted by Gasteiger charge is -2.39. The quantitative estimate of drug-likeness (QED) is 0.120. The van der Waals surface area contributed by atoms with Gasteiger partial charge in [-0.3, -0.25) is 9.59 Å². The monoisotopic (exact) mass is 718 g/mol. The van der Waals surface area contributed by atoms with Crippen LogP contribution in [0.2, 0.25) is 0 Å². The number of ketones is 1. The molecule has 0 aliphatic carbocycles. The van der Waals surface area contributed by atoms with Gasteiger partial charge in [-0.25, -0.2) is 0 Å². The van der Waals surface area contributed by atoms with Crippen LogP contribution in [0.25, 0.3) is 22.3 Å². The minimum Gasteiger partial charge on any atom is -0.508 e. The van der Waals surface area contributed by atoms with Crippen LogP contribution in [0.5, 0.6) is 46.0 Å². The number of aliphatic hydroxyl groups excluding tert-OH is 4. The Balaban J connectivity index is 1.38. The third-order valence-corrected chi connectivity index (χ3v) is 9.02. The summed E-state index contributed by atoms with van der Waals surface area (Å²) in [6.45, 7) is -0.739. The zero-order chi connectivity index (χ0) is 37.2. The van der Waals surface area contributed by atoms with Crippen LogP contribution in [0.3, 0.4) is 0 Å². The SMILES string of the molecule is O=C1c2c(O)cc(O)cc2O[C@@H](c2ccc(O)cc2)[C@@H]1c1c(O)cc(O)c2c(=O)cc(-c3ccc(O)c(O[C@@H]4O[C@H](CO)[C@@H](O)[C@H](O)[C@H]4O)c3)oc12. The summed E-state index contributed by atoms with van der Waals surface area (Å²) in [6, 6.07) is 12.9. The van der Waals surface area contributed by atoms with Crippen molar-refractivity contribution >= 4 is 16.8 Å². The molecule has 1 fully saturated rings. The number of aromatic hydroxyl groups is 6. The second-order valence-electron chi connectivity index (χ2n) is 12.3. The maximum atomic E-state index is 14.3. The maximum Gasteiger partial charge on any atom is 0.229 e. The normalized spacial score (nSPS) is 24.3. The third-order valence-electron chi connectivity index (χ3n) is 9.02. The molecule has 0 bridgehead atoms. The van der Waals surface area contributed by atoms with Gasteiger partial charge in [0.15, 0.2) is 22.7 Å². The maximum absolute atomic E-state index is 14.3. The molecule has 3 heterocycles. The zero-order valence-electron chi connectivity index (χ0n) is 26.5. The molecule has 16 nitrogen and oxygen atoms in total. The van der Waals surface area contributed by atoms with E-state index in [1.165, 1.54) is 30.3 Å². The van der Waals surface area contributed by atoms with Crippen molar-refractivity contribution in [1.82, 2.24) is 0 Å². The van der Waals surface area contributed by atoms with E-state index < -0.39 is 100 Å². The summed E-state index contributed by atoms with van der Waals surface area (Å²) >= 11 is 0. The predicted molar refractivity (Wildman–Crippen MR) is 176 cm³/mol. The van der Waals surface area contributed by atoms with Crippen LogP contribution < -0.4 is 14.9 Å². The molecule has 1 aromatic heterocycles. The Morgan fingerprint density at radius 2 is 1.44 bits per heavy atom. The van der Waals surface area contributed by atoms with Gasteiger partial charge in [-0.2, -0.15) is 0 Å². The van der Waals surface area contributed by atoms with E-state index >= 15 is 0 Å². The molecule has 0 unspecified atom stereocenters. The molecule has 270 valence electrons. The van der Waals surface area contributed by atoms with Gasteiger partial charge in [0, 0.05) is 29.8 Å². The summed E-state index contributed by atoms with van der Waals surface area (Å²) in [5.41, 5.74) is -1.65. The van der Waals surface area contributed by atoms with E-state index in [-0.39, 0.29) is 45.3 Å². The van der Waals surface area contributed by atoms with Crippen LogP contribution in [0.15, 0.2) is 75.9 Å². The van der Waals surface area contributed by atoms with Gasteiger partial charge in [0.1, 0.15) is 87.3 Å². The third kappa shape index (κ3) is 5.73. The first-order chi connectivity index (χ1) is 24.8.